The number of sulfonamides is 1. The molecule has 3 N–H and O–H groups in total. The molecule has 0 aromatic heterocycles. The lowest BCUT2D eigenvalue weighted by Crippen LogP contribution is -2.30. The van der Waals surface area contributed by atoms with Crippen molar-refractivity contribution in [2.24, 2.45) is 0 Å². The molecule has 0 radical (unpaired) electrons. The molecular formula is C21H25N3O5S. The predicted octanol–water partition coefficient (Wildman–Crippen LogP) is 1.73. The first-order chi connectivity index (χ1) is 14.4. The first-order valence-corrected chi connectivity index (χ1v) is 11.3. The maximum Gasteiger partial charge on any atom is 0.251 e. The Labute approximate surface area is 176 Å². The van der Waals surface area contributed by atoms with Crippen molar-refractivity contribution >= 4 is 21.8 Å². The lowest BCUT2D eigenvalue weighted by Gasteiger charge is -2.16. The van der Waals surface area contributed by atoms with Crippen LogP contribution in [0.4, 0.5) is 0 Å². The second kappa shape index (κ2) is 9.73. The molecule has 0 unspecified atom stereocenters. The van der Waals surface area contributed by atoms with Crippen LogP contribution >= 0.6 is 0 Å². The summed E-state index contributed by atoms with van der Waals surface area (Å²) in [5, 5.41) is 14.8. The van der Waals surface area contributed by atoms with Gasteiger partial charge < -0.3 is 15.7 Å². The van der Waals surface area contributed by atoms with Gasteiger partial charge in [0.05, 0.1) is 4.90 Å². The van der Waals surface area contributed by atoms with Crippen molar-refractivity contribution in [1.82, 2.24) is 14.9 Å². The number of carbonyl (C=O) groups excluding carboxylic acids is 2. The van der Waals surface area contributed by atoms with E-state index >= 15 is 0 Å². The lowest BCUT2D eigenvalue weighted by molar-refractivity contribution is 0.0951. The minimum Gasteiger partial charge on any atom is -0.508 e. The molecule has 0 spiro atoms. The molecule has 2 aromatic carbocycles. The highest BCUT2D eigenvalue weighted by Crippen LogP contribution is 2.21. The fourth-order valence-corrected chi connectivity index (χ4v) is 4.78. The fourth-order valence-electron chi connectivity index (χ4n) is 3.22. The van der Waals surface area contributed by atoms with Crippen LogP contribution in [0, 0.1) is 0 Å². The van der Waals surface area contributed by atoms with Gasteiger partial charge in [-0.05, 0) is 55.7 Å². The Hall–Kier alpha value is -2.91. The maximum atomic E-state index is 12.6. The normalized spacial score (nSPS) is 14.4. The number of phenolic OH excluding ortho intramolecular Hbond substituents is 1. The van der Waals surface area contributed by atoms with Gasteiger partial charge in [-0.3, -0.25) is 9.59 Å². The Balaban J connectivity index is 1.48. The van der Waals surface area contributed by atoms with Gasteiger partial charge in [0, 0.05) is 37.3 Å². The highest BCUT2D eigenvalue weighted by Gasteiger charge is 2.27. The van der Waals surface area contributed by atoms with E-state index in [-0.39, 0.29) is 28.0 Å². The molecule has 2 amide bonds. The van der Waals surface area contributed by atoms with Crippen molar-refractivity contribution in [2.75, 3.05) is 26.2 Å². The molecule has 8 nitrogen and oxygen atoms in total. The van der Waals surface area contributed by atoms with Crippen LogP contribution in [0.2, 0.25) is 0 Å². The summed E-state index contributed by atoms with van der Waals surface area (Å²) in [5.41, 5.74) is 0.633. The standard InChI is InChI=1S/C21H25N3O5S/c25-18-8-3-6-16(14-18)20(26)22-10-5-11-23-21(27)17-7-4-9-19(15-17)30(28,29)24-12-1-2-13-24/h3-4,6-9,14-15,25H,1-2,5,10-13H2,(H,22,26)(H,23,27). The van der Waals surface area contributed by atoms with Crippen LogP contribution in [-0.4, -0.2) is 55.8 Å². The van der Waals surface area contributed by atoms with Crippen LogP contribution < -0.4 is 10.6 Å². The van der Waals surface area contributed by atoms with E-state index in [1.54, 1.807) is 24.3 Å². The van der Waals surface area contributed by atoms with Crippen molar-refractivity contribution in [3.05, 3.63) is 59.7 Å². The van der Waals surface area contributed by atoms with Crippen LogP contribution in [-0.2, 0) is 10.0 Å². The van der Waals surface area contributed by atoms with Crippen molar-refractivity contribution in [3.63, 3.8) is 0 Å². The quantitative estimate of drug-likeness (QED) is 0.551. The van der Waals surface area contributed by atoms with Gasteiger partial charge in [0.2, 0.25) is 10.0 Å². The molecule has 0 saturated carbocycles. The van der Waals surface area contributed by atoms with Crippen molar-refractivity contribution in [2.45, 2.75) is 24.2 Å². The van der Waals surface area contributed by atoms with Gasteiger partial charge in [-0.2, -0.15) is 4.31 Å². The number of nitrogens with zero attached hydrogens (tertiary/aromatic N) is 1. The highest BCUT2D eigenvalue weighted by molar-refractivity contribution is 7.89. The minimum atomic E-state index is -3.57. The van der Waals surface area contributed by atoms with E-state index in [1.165, 1.54) is 28.6 Å². The van der Waals surface area contributed by atoms with Gasteiger partial charge >= 0.3 is 0 Å². The van der Waals surface area contributed by atoms with E-state index in [0.717, 1.165) is 12.8 Å². The molecule has 2 aromatic rings. The van der Waals surface area contributed by atoms with E-state index in [0.29, 0.717) is 38.2 Å². The zero-order chi connectivity index (χ0) is 21.6. The lowest BCUT2D eigenvalue weighted by atomic mass is 10.2. The number of carbonyl (C=O) groups is 2. The molecule has 1 fully saturated rings. The predicted molar refractivity (Wildman–Crippen MR) is 112 cm³/mol. The van der Waals surface area contributed by atoms with Crippen molar-refractivity contribution in [1.29, 1.82) is 0 Å². The molecule has 0 atom stereocenters. The summed E-state index contributed by atoms with van der Waals surface area (Å²) in [5.74, 6) is -0.659. The Morgan fingerprint density at radius 2 is 1.47 bits per heavy atom. The summed E-state index contributed by atoms with van der Waals surface area (Å²) in [6, 6.07) is 12.1. The van der Waals surface area contributed by atoms with Gasteiger partial charge in [-0.15, -0.1) is 0 Å². The maximum absolute atomic E-state index is 12.6. The number of amides is 2. The third-order valence-electron chi connectivity index (χ3n) is 4.83. The number of phenols is 1. The van der Waals surface area contributed by atoms with Crippen LogP contribution in [0.25, 0.3) is 0 Å². The SMILES string of the molecule is O=C(NCCCNC(=O)c1cccc(S(=O)(=O)N2CCCC2)c1)c1cccc(O)c1. The number of rotatable bonds is 8. The molecule has 0 aliphatic carbocycles. The largest absolute Gasteiger partial charge is 0.508 e. The second-order valence-corrected chi connectivity index (χ2v) is 8.99. The summed E-state index contributed by atoms with van der Waals surface area (Å²) in [7, 11) is -3.57. The van der Waals surface area contributed by atoms with Crippen LogP contribution in [0.1, 0.15) is 40.0 Å². The Kier molecular flexibility index (Phi) is 7.07. The first kappa shape index (κ1) is 21.8. The Morgan fingerprint density at radius 1 is 0.900 bits per heavy atom. The third-order valence-corrected chi connectivity index (χ3v) is 6.73. The molecule has 1 aliphatic heterocycles. The number of benzene rings is 2. The third kappa shape index (κ3) is 5.37. The summed E-state index contributed by atoms with van der Waals surface area (Å²) in [4.78, 5) is 24.5. The summed E-state index contributed by atoms with van der Waals surface area (Å²) >= 11 is 0. The smallest absolute Gasteiger partial charge is 0.251 e. The van der Waals surface area contributed by atoms with Crippen LogP contribution in [0.3, 0.4) is 0 Å². The fraction of sp³-hybridized carbons (Fsp3) is 0.333. The van der Waals surface area contributed by atoms with E-state index in [9.17, 15) is 23.1 Å². The average molecular weight is 432 g/mol. The number of aromatic hydroxyl groups is 1. The summed E-state index contributed by atoms with van der Waals surface area (Å²) < 4.78 is 26.7. The first-order valence-electron chi connectivity index (χ1n) is 9.83. The van der Waals surface area contributed by atoms with Crippen molar-refractivity contribution < 1.29 is 23.1 Å². The number of hydrogen-bond acceptors (Lipinski definition) is 5. The van der Waals surface area contributed by atoms with Gasteiger partial charge in [0.1, 0.15) is 5.75 Å². The molecule has 9 heteroatoms. The van der Waals surface area contributed by atoms with Crippen LogP contribution in [0.15, 0.2) is 53.4 Å². The molecular weight excluding hydrogens is 406 g/mol. The Bertz CT molecular complexity index is 1020. The van der Waals surface area contributed by atoms with E-state index in [4.69, 9.17) is 0 Å². The molecule has 3 rings (SSSR count). The topological polar surface area (TPSA) is 116 Å². The van der Waals surface area contributed by atoms with Gasteiger partial charge in [0.15, 0.2) is 0 Å². The molecule has 160 valence electrons. The number of hydrogen-bond donors (Lipinski definition) is 3. The monoisotopic (exact) mass is 431 g/mol. The van der Waals surface area contributed by atoms with E-state index < -0.39 is 10.0 Å². The zero-order valence-electron chi connectivity index (χ0n) is 16.5. The van der Waals surface area contributed by atoms with E-state index in [2.05, 4.69) is 10.6 Å². The summed E-state index contributed by atoms with van der Waals surface area (Å²) in [6.07, 6.45) is 2.20. The molecule has 1 heterocycles. The Morgan fingerprint density at radius 3 is 2.07 bits per heavy atom. The van der Waals surface area contributed by atoms with Gasteiger partial charge in [-0.1, -0.05) is 12.1 Å². The van der Waals surface area contributed by atoms with Crippen molar-refractivity contribution in [3.8, 4) is 5.75 Å². The second-order valence-electron chi connectivity index (χ2n) is 7.05. The zero-order valence-corrected chi connectivity index (χ0v) is 17.3. The van der Waals surface area contributed by atoms with Crippen LogP contribution in [0.5, 0.6) is 5.75 Å². The molecule has 0 bridgehead atoms. The average Bonchev–Trinajstić information content (AvgIpc) is 3.29. The summed E-state index contributed by atoms with van der Waals surface area (Å²) in [6.45, 7) is 1.68. The molecule has 1 aliphatic rings. The van der Waals surface area contributed by atoms with E-state index in [1.807, 2.05) is 0 Å². The molecule has 30 heavy (non-hydrogen) atoms. The minimum absolute atomic E-state index is 0.0175. The van der Waals surface area contributed by atoms with Gasteiger partial charge in [0.25, 0.3) is 11.8 Å². The molecule has 1 saturated heterocycles. The number of nitrogens with one attached hydrogen (secondary N) is 2. The van der Waals surface area contributed by atoms with Gasteiger partial charge in [-0.25, -0.2) is 8.42 Å². The highest BCUT2D eigenvalue weighted by atomic mass is 32.2.